The van der Waals surface area contributed by atoms with Crippen molar-refractivity contribution >= 4 is 40.8 Å². The molecule has 4 aromatic rings. The van der Waals surface area contributed by atoms with Gasteiger partial charge in [0, 0.05) is 0 Å². The Hall–Kier alpha value is -3.08. The Kier molecular flexibility index (Phi) is 6.32. The van der Waals surface area contributed by atoms with Crippen LogP contribution in [-0.4, -0.2) is 28.0 Å². The van der Waals surface area contributed by atoms with Crippen molar-refractivity contribution in [2.75, 3.05) is 7.11 Å². The summed E-state index contributed by atoms with van der Waals surface area (Å²) in [7, 11) is 0.990. The lowest BCUT2D eigenvalue weighted by Gasteiger charge is -2.14. The molecular weight excluding hydrogens is 525 g/mol. The van der Waals surface area contributed by atoms with Crippen LogP contribution in [0.3, 0.4) is 0 Å². The molecule has 0 unspecified atom stereocenters. The monoisotopic (exact) mass is 533 g/mol. The molecule has 2 heterocycles. The molecule has 6 nitrogen and oxygen atoms in total. The van der Waals surface area contributed by atoms with E-state index >= 15 is 0 Å². The molecule has 0 radical (unpaired) electrons. The molecule has 0 atom stereocenters. The minimum Gasteiger partial charge on any atom is -0.465 e. The molecule has 0 aliphatic rings. The minimum absolute atomic E-state index is 0.114. The molecule has 2 aromatic carbocycles. The molecule has 0 aliphatic heterocycles. The maximum Gasteiger partial charge on any atom is 0.434 e. The summed E-state index contributed by atoms with van der Waals surface area (Å²) in [4.78, 5) is 12.6. The second-order valence-electron chi connectivity index (χ2n) is 6.71. The van der Waals surface area contributed by atoms with E-state index in [1.54, 1.807) is 0 Å². The van der Waals surface area contributed by atoms with E-state index in [1.807, 2.05) is 0 Å². The quantitative estimate of drug-likeness (QED) is 0.206. The van der Waals surface area contributed by atoms with E-state index in [0.717, 1.165) is 19.4 Å². The predicted molar refractivity (Wildman–Crippen MR) is 116 cm³/mol. The van der Waals surface area contributed by atoms with Crippen molar-refractivity contribution in [1.29, 1.82) is 0 Å². The number of carbonyl (C=O) groups excluding carboxylic acids is 1. The van der Waals surface area contributed by atoms with Crippen LogP contribution in [0.1, 0.15) is 16.1 Å². The summed E-state index contributed by atoms with van der Waals surface area (Å²) >= 11 is 18.2. The Morgan fingerprint density at radius 3 is 2.26 bits per heavy atom. The Balaban J connectivity index is 2.04. The third-order valence-electron chi connectivity index (χ3n) is 4.71. The summed E-state index contributed by atoms with van der Waals surface area (Å²) in [6.07, 6.45) is -4.23. The van der Waals surface area contributed by atoms with E-state index in [2.05, 4.69) is 10.3 Å². The molecule has 34 heavy (non-hydrogen) atoms. The Morgan fingerprint density at radius 2 is 1.68 bits per heavy atom. The van der Waals surface area contributed by atoms with Crippen LogP contribution in [0.4, 0.5) is 17.6 Å². The third-order valence-corrected chi connectivity index (χ3v) is 5.64. The molecule has 13 heteroatoms. The fraction of sp³-hybridized carbons (Fsp3) is 0.0952. The lowest BCUT2D eigenvalue weighted by Crippen LogP contribution is -2.15. The van der Waals surface area contributed by atoms with Crippen LogP contribution in [0.25, 0.3) is 28.3 Å². The molecule has 0 aliphatic carbocycles. The number of aromatic nitrogens is 3. The standard InChI is InChI=1S/C21H10Cl3F4N3O3/c1-33-20(32)15-16(14-10(22)4-3-7-13(14)25)30-34-18(15)9-8-29-31(19(9)21(26,27)28)17-11(23)5-2-6-12(17)24/h2-8H,1H3. The van der Waals surface area contributed by atoms with Crippen molar-refractivity contribution in [3.8, 4) is 28.3 Å². The van der Waals surface area contributed by atoms with Crippen molar-refractivity contribution in [3.63, 3.8) is 0 Å². The highest BCUT2D eigenvalue weighted by Crippen LogP contribution is 2.44. The van der Waals surface area contributed by atoms with E-state index in [9.17, 15) is 22.4 Å². The van der Waals surface area contributed by atoms with Gasteiger partial charge in [0.15, 0.2) is 11.5 Å². The second kappa shape index (κ2) is 8.94. The van der Waals surface area contributed by atoms with Gasteiger partial charge in [0.25, 0.3) is 0 Å². The molecule has 2 aromatic heterocycles. The summed E-state index contributed by atoms with van der Waals surface area (Å²) in [5, 5.41) is 7.04. The van der Waals surface area contributed by atoms with Crippen molar-refractivity contribution in [2.45, 2.75) is 6.18 Å². The van der Waals surface area contributed by atoms with E-state index in [1.165, 1.54) is 30.3 Å². The average molecular weight is 535 g/mol. The molecule has 176 valence electrons. The van der Waals surface area contributed by atoms with Crippen LogP contribution in [0.15, 0.2) is 47.1 Å². The van der Waals surface area contributed by atoms with Crippen molar-refractivity contribution < 1.29 is 31.6 Å². The largest absolute Gasteiger partial charge is 0.465 e. The molecule has 0 spiro atoms. The number of esters is 1. The number of para-hydroxylation sites is 1. The number of benzene rings is 2. The van der Waals surface area contributed by atoms with Gasteiger partial charge in [-0.05, 0) is 24.3 Å². The number of halogens is 7. The zero-order valence-corrected chi connectivity index (χ0v) is 19.0. The number of carbonyl (C=O) groups is 1. The van der Waals surface area contributed by atoms with Crippen LogP contribution in [-0.2, 0) is 10.9 Å². The van der Waals surface area contributed by atoms with Gasteiger partial charge >= 0.3 is 12.1 Å². The molecule has 0 N–H and O–H groups in total. The number of nitrogens with zero attached hydrogens (tertiary/aromatic N) is 3. The molecule has 0 saturated heterocycles. The number of hydrogen-bond acceptors (Lipinski definition) is 5. The second-order valence-corrected chi connectivity index (χ2v) is 7.93. The first-order valence-corrected chi connectivity index (χ1v) is 10.3. The van der Waals surface area contributed by atoms with E-state index in [4.69, 9.17) is 44.1 Å². The molecular formula is C21H10Cl3F4N3O3. The molecule has 0 fully saturated rings. The summed E-state index contributed by atoms with van der Waals surface area (Å²) < 4.78 is 67.6. The highest BCUT2D eigenvalue weighted by Gasteiger charge is 2.42. The van der Waals surface area contributed by atoms with Gasteiger partial charge in [-0.25, -0.2) is 13.9 Å². The average Bonchev–Trinajstić information content (AvgIpc) is 3.37. The summed E-state index contributed by atoms with van der Waals surface area (Å²) in [6.45, 7) is 0. The molecule has 0 bridgehead atoms. The van der Waals surface area contributed by atoms with Gasteiger partial charge in [-0.15, -0.1) is 0 Å². The first-order chi connectivity index (χ1) is 16.1. The number of rotatable bonds is 4. The Bertz CT molecular complexity index is 1380. The van der Waals surface area contributed by atoms with Crippen molar-refractivity contribution in [1.82, 2.24) is 14.9 Å². The normalized spacial score (nSPS) is 11.6. The van der Waals surface area contributed by atoms with E-state index in [0.29, 0.717) is 4.68 Å². The maximum absolute atomic E-state index is 14.5. The van der Waals surface area contributed by atoms with Gasteiger partial charge in [0.2, 0.25) is 0 Å². The maximum atomic E-state index is 14.5. The molecule has 4 rings (SSSR count). The summed E-state index contributed by atoms with van der Waals surface area (Å²) in [5.74, 6) is -2.68. The highest BCUT2D eigenvalue weighted by molar-refractivity contribution is 6.37. The lowest BCUT2D eigenvalue weighted by molar-refractivity contribution is -0.142. The predicted octanol–water partition coefficient (Wildman–Crippen LogP) is 7.10. The van der Waals surface area contributed by atoms with Gasteiger partial charge < -0.3 is 9.26 Å². The van der Waals surface area contributed by atoms with Gasteiger partial charge in [-0.2, -0.15) is 18.3 Å². The number of ether oxygens (including phenoxy) is 1. The molecule has 0 saturated carbocycles. The lowest BCUT2D eigenvalue weighted by atomic mass is 10.0. The number of alkyl halides is 3. The van der Waals surface area contributed by atoms with Crippen LogP contribution >= 0.6 is 34.8 Å². The first kappa shape index (κ1) is 24.1. The van der Waals surface area contributed by atoms with Crippen molar-refractivity contribution in [3.05, 3.63) is 74.7 Å². The Labute approximate surface area is 203 Å². The molecule has 0 amide bonds. The van der Waals surface area contributed by atoms with Gasteiger partial charge in [-0.3, -0.25) is 0 Å². The number of hydrogen-bond donors (Lipinski definition) is 0. The zero-order valence-electron chi connectivity index (χ0n) is 16.8. The highest BCUT2D eigenvalue weighted by atomic mass is 35.5. The summed E-state index contributed by atoms with van der Waals surface area (Å²) in [6, 6.07) is 7.76. The van der Waals surface area contributed by atoms with Gasteiger partial charge in [-0.1, -0.05) is 52.1 Å². The van der Waals surface area contributed by atoms with Crippen molar-refractivity contribution in [2.24, 2.45) is 0 Å². The van der Waals surface area contributed by atoms with Crippen LogP contribution < -0.4 is 0 Å². The Morgan fingerprint density at radius 1 is 1.06 bits per heavy atom. The first-order valence-electron chi connectivity index (χ1n) is 9.18. The van der Waals surface area contributed by atoms with E-state index in [-0.39, 0.29) is 26.3 Å². The summed E-state index contributed by atoms with van der Waals surface area (Å²) in [5.41, 5.74) is -3.67. The van der Waals surface area contributed by atoms with Crippen LogP contribution in [0.2, 0.25) is 15.1 Å². The smallest absolute Gasteiger partial charge is 0.434 e. The topological polar surface area (TPSA) is 70.2 Å². The minimum atomic E-state index is -5.02. The van der Waals surface area contributed by atoms with Gasteiger partial charge in [0.1, 0.15) is 22.8 Å². The van der Waals surface area contributed by atoms with Crippen LogP contribution in [0, 0.1) is 5.82 Å². The third kappa shape index (κ3) is 4.02. The van der Waals surface area contributed by atoms with Crippen LogP contribution in [0.5, 0.6) is 0 Å². The van der Waals surface area contributed by atoms with E-state index < -0.39 is 46.2 Å². The fourth-order valence-corrected chi connectivity index (χ4v) is 4.12. The fourth-order valence-electron chi connectivity index (χ4n) is 3.31. The van der Waals surface area contributed by atoms with Gasteiger partial charge in [0.05, 0.1) is 39.5 Å². The SMILES string of the molecule is COC(=O)c1c(-c2c(F)cccc2Cl)noc1-c1cnn(-c2c(Cl)cccc2Cl)c1C(F)(F)F. The number of methoxy groups -OCH3 is 1. The zero-order chi connectivity index (χ0) is 24.8.